The molecule has 0 aliphatic carbocycles. The van der Waals surface area contributed by atoms with Crippen LogP contribution in [-0.4, -0.2) is 17.6 Å². The van der Waals surface area contributed by atoms with Crippen molar-refractivity contribution >= 4 is 11.7 Å². The van der Waals surface area contributed by atoms with Gasteiger partial charge in [0.05, 0.1) is 11.3 Å². The lowest BCUT2D eigenvalue weighted by Gasteiger charge is -2.22. The maximum Gasteiger partial charge on any atom is 0.335 e. The van der Waals surface area contributed by atoms with Crippen molar-refractivity contribution in [2.24, 2.45) is 0 Å². The molecular weight excluding hydrogens is 245 g/mol. The molecule has 1 aromatic carbocycles. The Kier molecular flexibility index (Phi) is 5.55. The van der Waals surface area contributed by atoms with Crippen molar-refractivity contribution in [3.8, 4) is 0 Å². The van der Waals surface area contributed by atoms with E-state index in [0.29, 0.717) is 24.2 Å². The summed E-state index contributed by atoms with van der Waals surface area (Å²) in [6, 6.07) is 2.76. The Morgan fingerprint density at radius 3 is 2.63 bits per heavy atom. The molecule has 4 heteroatoms. The highest BCUT2D eigenvalue weighted by atomic mass is 19.1. The topological polar surface area (TPSA) is 40.5 Å². The first-order valence-electron chi connectivity index (χ1n) is 6.50. The molecule has 0 fully saturated rings. The summed E-state index contributed by atoms with van der Waals surface area (Å²) in [6.45, 7) is 8.15. The van der Waals surface area contributed by atoms with Crippen LogP contribution in [0.25, 0.3) is 0 Å². The summed E-state index contributed by atoms with van der Waals surface area (Å²) in [5.41, 5.74) is 0.815. The summed E-state index contributed by atoms with van der Waals surface area (Å²) in [6.07, 6.45) is 3.87. The van der Waals surface area contributed by atoms with E-state index in [9.17, 15) is 9.18 Å². The van der Waals surface area contributed by atoms with Gasteiger partial charge in [-0.2, -0.15) is 0 Å². The molecule has 1 rings (SSSR count). The van der Waals surface area contributed by atoms with E-state index in [1.165, 1.54) is 12.1 Å². The SMILES string of the molecule is C=CN(CCCC)c1cc(C(=O)O)cc(CC)c1F. The molecule has 1 N–H and O–H groups in total. The number of carboxylic acid groups (broad SMARTS) is 1. The van der Waals surface area contributed by atoms with Crippen molar-refractivity contribution in [2.75, 3.05) is 11.4 Å². The molecule has 0 atom stereocenters. The van der Waals surface area contributed by atoms with Crippen LogP contribution in [0.2, 0.25) is 0 Å². The molecule has 0 aliphatic rings. The molecule has 0 heterocycles. The summed E-state index contributed by atoms with van der Waals surface area (Å²) < 4.78 is 14.3. The maximum absolute atomic E-state index is 14.3. The van der Waals surface area contributed by atoms with E-state index in [4.69, 9.17) is 5.11 Å². The average molecular weight is 265 g/mol. The third-order valence-electron chi connectivity index (χ3n) is 3.04. The number of carboxylic acids is 1. The fraction of sp³-hybridized carbons (Fsp3) is 0.400. The van der Waals surface area contributed by atoms with Crippen LogP contribution in [0, 0.1) is 5.82 Å². The van der Waals surface area contributed by atoms with Crippen molar-refractivity contribution < 1.29 is 14.3 Å². The van der Waals surface area contributed by atoms with Gasteiger partial charge in [-0.3, -0.25) is 0 Å². The maximum atomic E-state index is 14.3. The third-order valence-corrected chi connectivity index (χ3v) is 3.04. The van der Waals surface area contributed by atoms with Crippen molar-refractivity contribution in [3.05, 3.63) is 41.9 Å². The number of unbranched alkanes of at least 4 members (excludes halogenated alkanes) is 1. The number of benzene rings is 1. The number of hydrogen-bond donors (Lipinski definition) is 1. The summed E-state index contributed by atoms with van der Waals surface area (Å²) in [5, 5.41) is 9.08. The summed E-state index contributed by atoms with van der Waals surface area (Å²) >= 11 is 0. The van der Waals surface area contributed by atoms with Gasteiger partial charge in [0.2, 0.25) is 0 Å². The van der Waals surface area contributed by atoms with Gasteiger partial charge in [-0.25, -0.2) is 9.18 Å². The predicted octanol–water partition coefficient (Wildman–Crippen LogP) is 3.84. The van der Waals surface area contributed by atoms with Gasteiger partial charge in [-0.15, -0.1) is 0 Å². The van der Waals surface area contributed by atoms with Crippen molar-refractivity contribution in [2.45, 2.75) is 33.1 Å². The standard InChI is InChI=1S/C15H20FNO2/c1-4-7-8-17(6-3)13-10-12(15(18)19)9-11(5-2)14(13)16/h6,9-10H,3-5,7-8H2,1-2H3,(H,18,19). The lowest BCUT2D eigenvalue weighted by molar-refractivity contribution is 0.0696. The number of rotatable bonds is 7. The zero-order valence-corrected chi connectivity index (χ0v) is 11.4. The van der Waals surface area contributed by atoms with Gasteiger partial charge < -0.3 is 10.0 Å². The minimum absolute atomic E-state index is 0.108. The van der Waals surface area contributed by atoms with Crippen LogP contribution >= 0.6 is 0 Å². The van der Waals surface area contributed by atoms with E-state index in [1.54, 1.807) is 18.0 Å². The number of nitrogens with zero attached hydrogens (tertiary/aromatic N) is 1. The van der Waals surface area contributed by atoms with Gasteiger partial charge in [0.1, 0.15) is 5.82 Å². The monoisotopic (exact) mass is 265 g/mol. The van der Waals surface area contributed by atoms with Gasteiger partial charge in [-0.05, 0) is 36.7 Å². The number of aryl methyl sites for hydroxylation is 1. The summed E-state index contributed by atoms with van der Waals surface area (Å²) in [7, 11) is 0. The molecule has 0 saturated heterocycles. The Labute approximate surface area is 113 Å². The third kappa shape index (κ3) is 3.56. The second-order valence-corrected chi connectivity index (χ2v) is 4.36. The van der Waals surface area contributed by atoms with Crippen LogP contribution in [0.3, 0.4) is 0 Å². The number of aromatic carboxylic acids is 1. The molecule has 3 nitrogen and oxygen atoms in total. The van der Waals surface area contributed by atoms with E-state index in [-0.39, 0.29) is 11.4 Å². The lowest BCUT2D eigenvalue weighted by Crippen LogP contribution is -2.19. The first-order chi connectivity index (χ1) is 9.04. The molecular formula is C15H20FNO2. The van der Waals surface area contributed by atoms with Crippen LogP contribution in [0.15, 0.2) is 24.9 Å². The van der Waals surface area contributed by atoms with Crippen molar-refractivity contribution in [3.63, 3.8) is 0 Å². The molecule has 0 bridgehead atoms. The number of anilines is 1. The summed E-state index contributed by atoms with van der Waals surface area (Å²) in [5.74, 6) is -1.40. The minimum atomic E-state index is -1.05. The van der Waals surface area contributed by atoms with E-state index in [2.05, 4.69) is 6.58 Å². The Morgan fingerprint density at radius 1 is 1.47 bits per heavy atom. The van der Waals surface area contributed by atoms with E-state index >= 15 is 0 Å². The average Bonchev–Trinajstić information content (AvgIpc) is 2.40. The lowest BCUT2D eigenvalue weighted by atomic mass is 10.1. The van der Waals surface area contributed by atoms with E-state index in [1.807, 2.05) is 6.92 Å². The molecule has 0 spiro atoms. The largest absolute Gasteiger partial charge is 0.478 e. The minimum Gasteiger partial charge on any atom is -0.478 e. The number of carbonyl (C=O) groups is 1. The molecule has 0 radical (unpaired) electrons. The van der Waals surface area contributed by atoms with Crippen LogP contribution in [-0.2, 0) is 6.42 Å². The van der Waals surface area contributed by atoms with Gasteiger partial charge in [0.15, 0.2) is 0 Å². The fourth-order valence-electron chi connectivity index (χ4n) is 1.90. The predicted molar refractivity (Wildman–Crippen MR) is 75.2 cm³/mol. The Hall–Kier alpha value is -1.84. The zero-order chi connectivity index (χ0) is 14.4. The fourth-order valence-corrected chi connectivity index (χ4v) is 1.90. The normalized spacial score (nSPS) is 10.3. The quantitative estimate of drug-likeness (QED) is 0.814. The van der Waals surface area contributed by atoms with Gasteiger partial charge >= 0.3 is 5.97 Å². The molecule has 0 unspecified atom stereocenters. The second kappa shape index (κ2) is 6.92. The molecule has 0 amide bonds. The molecule has 0 aromatic heterocycles. The van der Waals surface area contributed by atoms with Gasteiger partial charge in [0, 0.05) is 6.54 Å². The number of hydrogen-bond acceptors (Lipinski definition) is 2. The molecule has 104 valence electrons. The Morgan fingerprint density at radius 2 is 2.16 bits per heavy atom. The van der Waals surface area contributed by atoms with Crippen LogP contribution in [0.5, 0.6) is 0 Å². The van der Waals surface area contributed by atoms with Crippen molar-refractivity contribution in [1.29, 1.82) is 0 Å². The first-order valence-corrected chi connectivity index (χ1v) is 6.50. The zero-order valence-electron chi connectivity index (χ0n) is 11.4. The Balaban J connectivity index is 3.26. The van der Waals surface area contributed by atoms with E-state index in [0.717, 1.165) is 12.8 Å². The number of halogens is 1. The molecule has 0 saturated carbocycles. The molecule has 1 aromatic rings. The van der Waals surface area contributed by atoms with Crippen molar-refractivity contribution in [1.82, 2.24) is 0 Å². The highest BCUT2D eigenvalue weighted by Gasteiger charge is 2.16. The van der Waals surface area contributed by atoms with Gasteiger partial charge in [0.25, 0.3) is 0 Å². The Bertz CT molecular complexity index is 471. The first kappa shape index (κ1) is 15.2. The van der Waals surface area contributed by atoms with Gasteiger partial charge in [-0.1, -0.05) is 26.8 Å². The second-order valence-electron chi connectivity index (χ2n) is 4.36. The van der Waals surface area contributed by atoms with Crippen LogP contribution in [0.1, 0.15) is 42.6 Å². The summed E-state index contributed by atoms with van der Waals surface area (Å²) in [4.78, 5) is 12.8. The molecule has 19 heavy (non-hydrogen) atoms. The highest BCUT2D eigenvalue weighted by molar-refractivity contribution is 5.89. The highest BCUT2D eigenvalue weighted by Crippen LogP contribution is 2.26. The van der Waals surface area contributed by atoms with E-state index < -0.39 is 5.97 Å². The molecule has 0 aliphatic heterocycles. The smallest absolute Gasteiger partial charge is 0.335 e. The van der Waals surface area contributed by atoms with Crippen LogP contribution in [0.4, 0.5) is 10.1 Å². The van der Waals surface area contributed by atoms with Crippen LogP contribution < -0.4 is 4.90 Å².